The summed E-state index contributed by atoms with van der Waals surface area (Å²) in [5.41, 5.74) is 2.32. The zero-order chi connectivity index (χ0) is 16.3. The second kappa shape index (κ2) is 7.01. The molecule has 0 saturated heterocycles. The topological polar surface area (TPSA) is 41.6 Å². The van der Waals surface area contributed by atoms with Crippen LogP contribution in [0.5, 0.6) is 0 Å². The normalized spacial score (nSPS) is 17.2. The Morgan fingerprint density at radius 3 is 2.86 bits per heavy atom. The summed E-state index contributed by atoms with van der Waals surface area (Å²) in [6, 6.07) is 6.73. The highest BCUT2D eigenvalue weighted by Gasteiger charge is 2.24. The van der Waals surface area contributed by atoms with Crippen molar-refractivity contribution in [1.29, 1.82) is 0 Å². The molecule has 0 bridgehead atoms. The standard InChI is InChI=1S/C17H25BrN2O2/c1-17(2,3)22-16(21)20(4)11-10-19-15-9-8-12-13(15)6-5-7-14(12)18/h5-7,15,19H,8-11H2,1-4H3. The van der Waals surface area contributed by atoms with Crippen molar-refractivity contribution in [3.8, 4) is 0 Å². The van der Waals surface area contributed by atoms with Gasteiger partial charge in [-0.1, -0.05) is 28.1 Å². The van der Waals surface area contributed by atoms with Crippen LogP contribution in [0, 0.1) is 0 Å². The van der Waals surface area contributed by atoms with Gasteiger partial charge in [0.15, 0.2) is 0 Å². The van der Waals surface area contributed by atoms with E-state index in [0.717, 1.165) is 19.4 Å². The minimum atomic E-state index is -0.449. The molecule has 1 aromatic rings. The number of amides is 1. The number of benzene rings is 1. The minimum absolute atomic E-state index is 0.274. The van der Waals surface area contributed by atoms with Crippen LogP contribution in [0.3, 0.4) is 0 Å². The zero-order valence-electron chi connectivity index (χ0n) is 13.8. The van der Waals surface area contributed by atoms with Gasteiger partial charge in [-0.3, -0.25) is 0 Å². The Hall–Kier alpha value is -1.07. The van der Waals surface area contributed by atoms with E-state index in [-0.39, 0.29) is 6.09 Å². The van der Waals surface area contributed by atoms with Crippen LogP contribution in [-0.2, 0) is 11.2 Å². The molecule has 0 saturated carbocycles. The van der Waals surface area contributed by atoms with Crippen LogP contribution < -0.4 is 5.32 Å². The lowest BCUT2D eigenvalue weighted by Crippen LogP contribution is -2.38. The molecule has 22 heavy (non-hydrogen) atoms. The van der Waals surface area contributed by atoms with Crippen LogP contribution >= 0.6 is 15.9 Å². The van der Waals surface area contributed by atoms with Gasteiger partial charge >= 0.3 is 6.09 Å². The fourth-order valence-electron chi connectivity index (χ4n) is 2.66. The number of carbonyl (C=O) groups excluding carboxylic acids is 1. The number of likely N-dealkylation sites (N-methyl/N-ethyl adjacent to an activating group) is 1. The molecule has 1 aromatic carbocycles. The monoisotopic (exact) mass is 368 g/mol. The molecular weight excluding hydrogens is 344 g/mol. The molecule has 0 heterocycles. The number of halogens is 1. The van der Waals surface area contributed by atoms with Gasteiger partial charge in [0.05, 0.1) is 0 Å². The molecule has 1 aliphatic rings. The Morgan fingerprint density at radius 2 is 2.18 bits per heavy atom. The van der Waals surface area contributed by atoms with E-state index in [0.29, 0.717) is 12.6 Å². The van der Waals surface area contributed by atoms with Gasteiger partial charge in [-0.05, 0) is 50.8 Å². The van der Waals surface area contributed by atoms with Crippen molar-refractivity contribution in [2.45, 2.75) is 45.3 Å². The highest BCUT2D eigenvalue weighted by atomic mass is 79.9. The molecule has 1 aliphatic carbocycles. The summed E-state index contributed by atoms with van der Waals surface area (Å²) in [5, 5.41) is 3.54. The van der Waals surface area contributed by atoms with Crippen molar-refractivity contribution < 1.29 is 9.53 Å². The lowest BCUT2D eigenvalue weighted by atomic mass is 10.1. The van der Waals surface area contributed by atoms with E-state index >= 15 is 0 Å². The molecule has 1 amide bonds. The number of hydrogen-bond acceptors (Lipinski definition) is 3. The summed E-state index contributed by atoms with van der Waals surface area (Å²) in [7, 11) is 1.77. The molecule has 1 unspecified atom stereocenters. The van der Waals surface area contributed by atoms with Crippen molar-refractivity contribution in [2.75, 3.05) is 20.1 Å². The summed E-state index contributed by atoms with van der Waals surface area (Å²) in [4.78, 5) is 13.5. The van der Waals surface area contributed by atoms with E-state index in [1.165, 1.54) is 15.6 Å². The SMILES string of the molecule is CN(CCNC1CCc2c(Br)cccc21)C(=O)OC(C)(C)C. The number of nitrogens with zero attached hydrogens (tertiary/aromatic N) is 1. The summed E-state index contributed by atoms with van der Waals surface area (Å²) in [6.45, 7) is 7.03. The summed E-state index contributed by atoms with van der Waals surface area (Å²) in [6.07, 6.45) is 1.92. The summed E-state index contributed by atoms with van der Waals surface area (Å²) in [5.74, 6) is 0. The van der Waals surface area contributed by atoms with Gasteiger partial charge in [0.2, 0.25) is 0 Å². The third-order valence-electron chi connectivity index (χ3n) is 3.76. The molecule has 0 fully saturated rings. The first-order valence-corrected chi connectivity index (χ1v) is 8.52. The number of hydrogen-bond donors (Lipinski definition) is 1. The molecule has 0 spiro atoms. The number of rotatable bonds is 4. The molecule has 0 radical (unpaired) electrons. The van der Waals surface area contributed by atoms with Crippen LogP contribution in [-0.4, -0.2) is 36.7 Å². The predicted molar refractivity (Wildman–Crippen MR) is 92.1 cm³/mol. The van der Waals surface area contributed by atoms with Gasteiger partial charge in [0, 0.05) is 30.7 Å². The van der Waals surface area contributed by atoms with Gasteiger partial charge < -0.3 is 15.0 Å². The third-order valence-corrected chi connectivity index (χ3v) is 4.50. The molecule has 1 N–H and O–H groups in total. The van der Waals surface area contributed by atoms with Crippen molar-refractivity contribution in [3.63, 3.8) is 0 Å². The van der Waals surface area contributed by atoms with Crippen molar-refractivity contribution in [2.24, 2.45) is 0 Å². The van der Waals surface area contributed by atoms with E-state index in [4.69, 9.17) is 4.74 Å². The third kappa shape index (κ3) is 4.46. The summed E-state index contributed by atoms with van der Waals surface area (Å²) < 4.78 is 6.54. The lowest BCUT2D eigenvalue weighted by Gasteiger charge is -2.25. The molecule has 0 aromatic heterocycles. The second-order valence-corrected chi connectivity index (χ2v) is 7.61. The van der Waals surface area contributed by atoms with Crippen molar-refractivity contribution in [3.05, 3.63) is 33.8 Å². The van der Waals surface area contributed by atoms with E-state index in [9.17, 15) is 4.79 Å². The molecule has 0 aliphatic heterocycles. The van der Waals surface area contributed by atoms with Gasteiger partial charge in [-0.25, -0.2) is 4.79 Å². The molecule has 2 rings (SSSR count). The Kier molecular flexibility index (Phi) is 5.50. The molecule has 122 valence electrons. The van der Waals surface area contributed by atoms with Gasteiger partial charge in [0.1, 0.15) is 5.60 Å². The Labute approximate surface area is 141 Å². The summed E-state index contributed by atoms with van der Waals surface area (Å²) >= 11 is 3.62. The molecule has 4 nitrogen and oxygen atoms in total. The Morgan fingerprint density at radius 1 is 1.45 bits per heavy atom. The number of ether oxygens (including phenoxy) is 1. The molecule has 1 atom stereocenters. The maximum absolute atomic E-state index is 11.9. The zero-order valence-corrected chi connectivity index (χ0v) is 15.4. The van der Waals surface area contributed by atoms with E-state index in [2.05, 4.69) is 39.4 Å². The quantitative estimate of drug-likeness (QED) is 0.876. The van der Waals surface area contributed by atoms with E-state index in [1.54, 1.807) is 11.9 Å². The van der Waals surface area contributed by atoms with Crippen molar-refractivity contribution >= 4 is 22.0 Å². The number of fused-ring (bicyclic) bond motifs is 1. The van der Waals surface area contributed by atoms with Crippen LogP contribution in [0.15, 0.2) is 22.7 Å². The van der Waals surface area contributed by atoms with E-state index in [1.807, 2.05) is 20.8 Å². The fourth-order valence-corrected chi connectivity index (χ4v) is 3.24. The van der Waals surface area contributed by atoms with Crippen LogP contribution in [0.2, 0.25) is 0 Å². The maximum atomic E-state index is 11.9. The lowest BCUT2D eigenvalue weighted by molar-refractivity contribution is 0.0299. The minimum Gasteiger partial charge on any atom is -0.444 e. The average molecular weight is 369 g/mol. The maximum Gasteiger partial charge on any atom is 0.410 e. The Bertz CT molecular complexity index is 540. The highest BCUT2D eigenvalue weighted by Crippen LogP contribution is 2.35. The first-order chi connectivity index (χ1) is 10.3. The number of nitrogens with one attached hydrogen (secondary N) is 1. The average Bonchev–Trinajstić information content (AvgIpc) is 2.81. The molecular formula is C17H25BrN2O2. The number of carbonyl (C=O) groups is 1. The van der Waals surface area contributed by atoms with Crippen LogP contribution in [0.1, 0.15) is 44.4 Å². The fraction of sp³-hybridized carbons (Fsp3) is 0.588. The predicted octanol–water partition coefficient (Wildman–Crippen LogP) is 3.89. The van der Waals surface area contributed by atoms with Crippen LogP contribution in [0.25, 0.3) is 0 Å². The Balaban J connectivity index is 1.81. The second-order valence-electron chi connectivity index (χ2n) is 6.75. The largest absolute Gasteiger partial charge is 0.444 e. The smallest absolute Gasteiger partial charge is 0.410 e. The van der Waals surface area contributed by atoms with Crippen molar-refractivity contribution in [1.82, 2.24) is 10.2 Å². The molecule has 5 heteroatoms. The van der Waals surface area contributed by atoms with Gasteiger partial charge in [-0.2, -0.15) is 0 Å². The first kappa shape index (κ1) is 17.3. The van der Waals surface area contributed by atoms with Gasteiger partial charge in [-0.15, -0.1) is 0 Å². The van der Waals surface area contributed by atoms with Gasteiger partial charge in [0.25, 0.3) is 0 Å². The van der Waals surface area contributed by atoms with E-state index < -0.39 is 5.60 Å². The first-order valence-electron chi connectivity index (χ1n) is 7.73. The highest BCUT2D eigenvalue weighted by molar-refractivity contribution is 9.10. The van der Waals surface area contributed by atoms with Crippen LogP contribution in [0.4, 0.5) is 4.79 Å².